The lowest BCUT2D eigenvalue weighted by Crippen LogP contribution is -2.60. The minimum Gasteiger partial charge on any atom is -0.342 e. The number of carbonyl (C=O) groups excluding carboxylic acids is 2. The molecule has 0 bridgehead atoms. The zero-order chi connectivity index (χ0) is 14.6. The molecule has 0 aromatic heterocycles. The van der Waals surface area contributed by atoms with Gasteiger partial charge in [0.2, 0.25) is 11.8 Å². The molecular formula is C12H22N2O4S. The first kappa shape index (κ1) is 15.9. The van der Waals surface area contributed by atoms with Crippen molar-refractivity contribution in [2.75, 3.05) is 25.1 Å². The number of hydrogen-bond acceptors (Lipinski definition) is 4. The number of carbonyl (C=O) groups is 2. The fraction of sp³-hybridized carbons (Fsp3) is 0.833. The van der Waals surface area contributed by atoms with Crippen molar-refractivity contribution in [3.63, 3.8) is 0 Å². The summed E-state index contributed by atoms with van der Waals surface area (Å²) in [5, 5.41) is 2.71. The summed E-state index contributed by atoms with van der Waals surface area (Å²) in [5.74, 6) is -0.173. The van der Waals surface area contributed by atoms with Gasteiger partial charge in [0.1, 0.15) is 15.9 Å². The molecular weight excluding hydrogens is 268 g/mol. The second-order valence-corrected chi connectivity index (χ2v) is 7.43. The average molecular weight is 290 g/mol. The first-order valence-electron chi connectivity index (χ1n) is 6.50. The Morgan fingerprint density at radius 3 is 2.58 bits per heavy atom. The molecule has 1 fully saturated rings. The number of nitrogens with one attached hydrogen (secondary N) is 1. The van der Waals surface area contributed by atoms with E-state index in [1.165, 1.54) is 11.2 Å². The van der Waals surface area contributed by atoms with Gasteiger partial charge in [0, 0.05) is 12.8 Å². The standard InChI is InChI=1S/C12H22N2O4S/c1-4-9(2)11-12(16)14(8-10(15)13-11)6-5-7-19(3,17)18/h9,11H,4-8H2,1-3H3,(H,13,15). The van der Waals surface area contributed by atoms with Gasteiger partial charge >= 0.3 is 0 Å². The molecule has 0 aromatic rings. The second kappa shape index (κ2) is 6.36. The number of piperazine rings is 1. The lowest BCUT2D eigenvalue weighted by atomic mass is 9.96. The monoisotopic (exact) mass is 290 g/mol. The summed E-state index contributed by atoms with van der Waals surface area (Å²) in [4.78, 5) is 25.2. The molecule has 1 heterocycles. The van der Waals surface area contributed by atoms with Crippen molar-refractivity contribution in [3.8, 4) is 0 Å². The fourth-order valence-corrected chi connectivity index (χ4v) is 2.71. The van der Waals surface area contributed by atoms with Crippen LogP contribution in [0.4, 0.5) is 0 Å². The quantitative estimate of drug-likeness (QED) is 0.734. The van der Waals surface area contributed by atoms with Crippen LogP contribution in [0.1, 0.15) is 26.7 Å². The van der Waals surface area contributed by atoms with Crippen molar-refractivity contribution < 1.29 is 18.0 Å². The fourth-order valence-electron chi connectivity index (χ4n) is 2.06. The highest BCUT2D eigenvalue weighted by atomic mass is 32.2. The SMILES string of the molecule is CCC(C)C1NC(=O)CN(CCCS(C)(=O)=O)C1=O. The van der Waals surface area contributed by atoms with E-state index < -0.39 is 15.9 Å². The molecule has 110 valence electrons. The Morgan fingerprint density at radius 1 is 1.42 bits per heavy atom. The second-order valence-electron chi connectivity index (χ2n) is 5.17. The third kappa shape index (κ3) is 4.81. The molecule has 19 heavy (non-hydrogen) atoms. The van der Waals surface area contributed by atoms with Crippen molar-refractivity contribution >= 4 is 21.7 Å². The third-order valence-corrected chi connectivity index (χ3v) is 4.42. The average Bonchev–Trinajstić information content (AvgIpc) is 2.30. The van der Waals surface area contributed by atoms with Gasteiger partial charge in [0.25, 0.3) is 0 Å². The Balaban J connectivity index is 2.62. The zero-order valence-electron chi connectivity index (χ0n) is 11.7. The predicted octanol–water partition coefficient (Wildman–Crippen LogP) is -0.206. The van der Waals surface area contributed by atoms with E-state index in [1.807, 2.05) is 13.8 Å². The van der Waals surface area contributed by atoms with Crippen LogP contribution >= 0.6 is 0 Å². The highest BCUT2D eigenvalue weighted by molar-refractivity contribution is 7.90. The van der Waals surface area contributed by atoms with Crippen LogP contribution in [0.15, 0.2) is 0 Å². The van der Waals surface area contributed by atoms with E-state index in [4.69, 9.17) is 0 Å². The molecule has 1 rings (SSSR count). The van der Waals surface area contributed by atoms with Crippen molar-refractivity contribution in [2.24, 2.45) is 5.92 Å². The van der Waals surface area contributed by atoms with Gasteiger partial charge in [-0.1, -0.05) is 20.3 Å². The topological polar surface area (TPSA) is 83.6 Å². The predicted molar refractivity (Wildman–Crippen MR) is 72.3 cm³/mol. The maximum Gasteiger partial charge on any atom is 0.245 e. The van der Waals surface area contributed by atoms with E-state index in [1.54, 1.807) is 0 Å². The zero-order valence-corrected chi connectivity index (χ0v) is 12.5. The first-order chi connectivity index (χ1) is 8.74. The minimum atomic E-state index is -3.03. The van der Waals surface area contributed by atoms with Crippen LogP contribution in [0.2, 0.25) is 0 Å². The normalized spacial score (nSPS) is 22.3. The molecule has 0 saturated carbocycles. The van der Waals surface area contributed by atoms with Crippen LogP contribution in [0.5, 0.6) is 0 Å². The Morgan fingerprint density at radius 2 is 2.05 bits per heavy atom. The molecule has 6 nitrogen and oxygen atoms in total. The van der Waals surface area contributed by atoms with E-state index in [0.29, 0.717) is 13.0 Å². The molecule has 0 aliphatic carbocycles. The van der Waals surface area contributed by atoms with Crippen LogP contribution in [0.25, 0.3) is 0 Å². The van der Waals surface area contributed by atoms with Crippen molar-refractivity contribution in [2.45, 2.75) is 32.7 Å². The lowest BCUT2D eigenvalue weighted by molar-refractivity contribution is -0.145. The van der Waals surface area contributed by atoms with Crippen molar-refractivity contribution in [1.29, 1.82) is 0 Å². The summed E-state index contributed by atoms with van der Waals surface area (Å²) in [5.41, 5.74) is 0. The number of nitrogens with zero attached hydrogens (tertiary/aromatic N) is 1. The van der Waals surface area contributed by atoms with Crippen LogP contribution in [-0.4, -0.2) is 56.3 Å². The van der Waals surface area contributed by atoms with E-state index in [9.17, 15) is 18.0 Å². The summed E-state index contributed by atoms with van der Waals surface area (Å²) in [7, 11) is -3.03. The maximum absolute atomic E-state index is 12.2. The molecule has 1 aliphatic heterocycles. The van der Waals surface area contributed by atoms with Gasteiger partial charge in [-0.05, 0) is 12.3 Å². The Labute approximate surface area is 114 Å². The molecule has 0 spiro atoms. The summed E-state index contributed by atoms with van der Waals surface area (Å²) < 4.78 is 22.1. The van der Waals surface area contributed by atoms with Gasteiger partial charge < -0.3 is 10.2 Å². The summed E-state index contributed by atoms with van der Waals surface area (Å²) >= 11 is 0. The molecule has 0 aromatic carbocycles. The van der Waals surface area contributed by atoms with E-state index in [0.717, 1.165) is 6.42 Å². The number of rotatable bonds is 6. The van der Waals surface area contributed by atoms with Crippen LogP contribution in [-0.2, 0) is 19.4 Å². The lowest BCUT2D eigenvalue weighted by Gasteiger charge is -2.35. The van der Waals surface area contributed by atoms with Crippen LogP contribution < -0.4 is 5.32 Å². The molecule has 1 aliphatic rings. The molecule has 0 radical (unpaired) electrons. The first-order valence-corrected chi connectivity index (χ1v) is 8.56. The Bertz CT molecular complexity index is 447. The summed E-state index contributed by atoms with van der Waals surface area (Å²) in [6.07, 6.45) is 2.33. The van der Waals surface area contributed by atoms with Gasteiger partial charge in [-0.2, -0.15) is 0 Å². The smallest absolute Gasteiger partial charge is 0.245 e. The highest BCUT2D eigenvalue weighted by Crippen LogP contribution is 2.14. The molecule has 1 saturated heterocycles. The highest BCUT2D eigenvalue weighted by Gasteiger charge is 2.35. The van der Waals surface area contributed by atoms with E-state index in [2.05, 4.69) is 5.32 Å². The molecule has 2 amide bonds. The van der Waals surface area contributed by atoms with Gasteiger partial charge in [-0.15, -0.1) is 0 Å². The molecule has 2 unspecified atom stereocenters. The third-order valence-electron chi connectivity index (χ3n) is 3.38. The molecule has 2 atom stereocenters. The van der Waals surface area contributed by atoms with Crippen molar-refractivity contribution in [3.05, 3.63) is 0 Å². The summed E-state index contributed by atoms with van der Waals surface area (Å²) in [6, 6.07) is -0.482. The molecule has 7 heteroatoms. The van der Waals surface area contributed by atoms with Crippen LogP contribution in [0.3, 0.4) is 0 Å². The van der Waals surface area contributed by atoms with Gasteiger partial charge in [-0.3, -0.25) is 9.59 Å². The van der Waals surface area contributed by atoms with Gasteiger partial charge in [-0.25, -0.2) is 8.42 Å². The largest absolute Gasteiger partial charge is 0.342 e. The number of amides is 2. The van der Waals surface area contributed by atoms with Gasteiger partial charge in [0.15, 0.2) is 0 Å². The Kier molecular flexibility index (Phi) is 5.34. The Hall–Kier alpha value is -1.11. The number of sulfone groups is 1. The number of hydrogen-bond donors (Lipinski definition) is 1. The van der Waals surface area contributed by atoms with Crippen LogP contribution in [0, 0.1) is 5.92 Å². The minimum absolute atomic E-state index is 0.0233. The van der Waals surface area contributed by atoms with E-state index >= 15 is 0 Å². The maximum atomic E-state index is 12.2. The van der Waals surface area contributed by atoms with E-state index in [-0.39, 0.29) is 30.0 Å². The van der Waals surface area contributed by atoms with Crippen molar-refractivity contribution in [1.82, 2.24) is 10.2 Å². The molecule has 1 N–H and O–H groups in total. The summed E-state index contributed by atoms with van der Waals surface area (Å²) in [6.45, 7) is 4.22. The van der Waals surface area contributed by atoms with Gasteiger partial charge in [0.05, 0.1) is 12.3 Å².